The van der Waals surface area contributed by atoms with Crippen molar-refractivity contribution < 1.29 is 36.4 Å². The summed E-state index contributed by atoms with van der Waals surface area (Å²) in [6.45, 7) is 21.0. The van der Waals surface area contributed by atoms with E-state index < -0.39 is 0 Å². The van der Waals surface area contributed by atoms with Gasteiger partial charge in [-0.05, 0) is 47.9 Å². The first-order valence-corrected chi connectivity index (χ1v) is 25.9. The SMILES string of the molecule is C[Si]C.Cc1ccc(O)c(C(C)(C)C)c1.Cc1ccc(O)c(C(C)(C)C)c1.[Zr+2].c1ccc(-c2cc3ccccc3[c-]2-c2ccccc2)cc1.c1ccc(-c2cc3ccccc3[c-]2-c2ccccc2)cc1. The van der Waals surface area contributed by atoms with E-state index in [0.29, 0.717) is 11.5 Å². The third-order valence-corrected chi connectivity index (χ3v) is 11.8. The zero-order valence-electron chi connectivity index (χ0n) is 42.7. The molecule has 10 aromatic rings. The fourth-order valence-electron chi connectivity index (χ4n) is 8.47. The normalized spacial score (nSPS) is 10.8. The van der Waals surface area contributed by atoms with Crippen molar-refractivity contribution in [2.24, 2.45) is 0 Å². The number of rotatable bonds is 4. The maximum Gasteiger partial charge on any atom is 2.00 e. The van der Waals surface area contributed by atoms with Crippen LogP contribution in [0.5, 0.6) is 11.5 Å². The van der Waals surface area contributed by atoms with Crippen LogP contribution in [0.1, 0.15) is 63.8 Å². The zero-order valence-corrected chi connectivity index (χ0v) is 46.1. The van der Waals surface area contributed by atoms with Crippen molar-refractivity contribution in [2.75, 3.05) is 0 Å². The molecule has 70 heavy (non-hydrogen) atoms. The van der Waals surface area contributed by atoms with Gasteiger partial charge in [0, 0.05) is 9.52 Å². The van der Waals surface area contributed by atoms with Gasteiger partial charge in [-0.1, -0.05) is 326 Å². The standard InChI is InChI=1S/2C21H15.2C11H16O.C2H6Si.Zr/c2*1-3-9-16(10-4-1)20-15-18-13-7-8-14-19(18)21(20)17-11-5-2-6-12-17;2*1-8-5-6-10(12)9(7-8)11(2,3)4;1-3-2;/h2*1-15H;2*5-7,12H,1-4H3;1-2H3;/q2*-1;;;;+2. The quantitative estimate of drug-likeness (QED) is 0.136. The molecule has 0 aliphatic heterocycles. The molecule has 10 aromatic carbocycles. The summed E-state index contributed by atoms with van der Waals surface area (Å²) < 4.78 is 0. The second-order valence-corrected chi connectivity index (χ2v) is 20.5. The number of hydrogen-bond donors (Lipinski definition) is 2. The van der Waals surface area contributed by atoms with Crippen LogP contribution in [0.4, 0.5) is 0 Å². The Balaban J connectivity index is 0.000000176. The average molecular weight is 1010 g/mol. The van der Waals surface area contributed by atoms with Gasteiger partial charge in [0.2, 0.25) is 0 Å². The minimum absolute atomic E-state index is 0. The summed E-state index contributed by atoms with van der Waals surface area (Å²) in [5.41, 5.74) is 14.8. The molecular weight excluding hydrogens is 944 g/mol. The predicted molar refractivity (Wildman–Crippen MR) is 301 cm³/mol. The van der Waals surface area contributed by atoms with Gasteiger partial charge in [-0.25, -0.2) is 0 Å². The zero-order chi connectivity index (χ0) is 49.6. The monoisotopic (exact) mass is 1010 g/mol. The fourth-order valence-corrected chi connectivity index (χ4v) is 8.47. The van der Waals surface area contributed by atoms with Gasteiger partial charge in [0.15, 0.2) is 0 Å². The molecule has 0 amide bonds. The maximum atomic E-state index is 9.57. The second kappa shape index (κ2) is 25.5. The largest absolute Gasteiger partial charge is 2.00 e. The van der Waals surface area contributed by atoms with E-state index in [9.17, 15) is 10.2 Å². The van der Waals surface area contributed by atoms with Crippen molar-refractivity contribution in [3.05, 3.63) is 241 Å². The van der Waals surface area contributed by atoms with E-state index in [1.807, 2.05) is 38.1 Å². The first-order chi connectivity index (χ1) is 33.1. The van der Waals surface area contributed by atoms with Crippen LogP contribution in [-0.4, -0.2) is 19.7 Å². The second-order valence-electron chi connectivity index (χ2n) is 19.5. The molecule has 0 heterocycles. The van der Waals surface area contributed by atoms with E-state index in [-0.39, 0.29) is 37.0 Å². The molecule has 2 nitrogen and oxygen atoms in total. The third-order valence-electron chi connectivity index (χ3n) is 11.8. The molecule has 0 spiro atoms. The Labute approximate surface area is 440 Å². The molecule has 0 atom stereocenters. The predicted octanol–water partition coefficient (Wildman–Crippen LogP) is 18.6. The van der Waals surface area contributed by atoms with Gasteiger partial charge in [-0.2, -0.15) is 0 Å². The first-order valence-electron chi connectivity index (χ1n) is 23.9. The van der Waals surface area contributed by atoms with Gasteiger partial charge >= 0.3 is 26.2 Å². The Morgan fingerprint density at radius 2 is 0.657 bits per heavy atom. The summed E-state index contributed by atoms with van der Waals surface area (Å²) in [5.74, 6) is 0.793. The Hall–Kier alpha value is -6.32. The van der Waals surface area contributed by atoms with Crippen molar-refractivity contribution in [1.82, 2.24) is 0 Å². The van der Waals surface area contributed by atoms with Crippen molar-refractivity contribution in [2.45, 2.75) is 79.3 Å². The van der Waals surface area contributed by atoms with Crippen LogP contribution < -0.4 is 0 Å². The Bertz CT molecular complexity index is 2920. The fraction of sp³-hybridized carbons (Fsp3) is 0.182. The molecule has 2 N–H and O–H groups in total. The van der Waals surface area contributed by atoms with E-state index >= 15 is 0 Å². The number of fused-ring (bicyclic) bond motifs is 2. The summed E-state index contributed by atoms with van der Waals surface area (Å²) in [5, 5.41) is 24.4. The Morgan fingerprint density at radius 1 is 0.371 bits per heavy atom. The Morgan fingerprint density at radius 3 is 0.957 bits per heavy atom. The van der Waals surface area contributed by atoms with Crippen molar-refractivity contribution in [1.29, 1.82) is 0 Å². The van der Waals surface area contributed by atoms with Crippen LogP contribution in [0.25, 0.3) is 66.1 Å². The number of benzene rings is 8. The molecule has 0 fully saturated rings. The molecule has 4 heteroatoms. The topological polar surface area (TPSA) is 40.5 Å². The molecule has 0 saturated heterocycles. The van der Waals surface area contributed by atoms with E-state index in [1.54, 1.807) is 12.1 Å². The van der Waals surface area contributed by atoms with Crippen molar-refractivity contribution >= 4 is 31.1 Å². The molecule has 0 saturated carbocycles. The van der Waals surface area contributed by atoms with Crippen molar-refractivity contribution in [3.63, 3.8) is 0 Å². The number of aryl methyl sites for hydroxylation is 2. The number of hydrogen-bond acceptors (Lipinski definition) is 2. The molecule has 10 rings (SSSR count). The first kappa shape index (κ1) is 54.6. The van der Waals surface area contributed by atoms with Gasteiger partial charge in [0.05, 0.1) is 0 Å². The minimum Gasteiger partial charge on any atom is -0.508 e. The minimum atomic E-state index is 0. The van der Waals surface area contributed by atoms with Crippen LogP contribution in [0.2, 0.25) is 13.1 Å². The summed E-state index contributed by atoms with van der Waals surface area (Å²) >= 11 is 0. The van der Waals surface area contributed by atoms with Gasteiger partial charge < -0.3 is 10.2 Å². The summed E-state index contributed by atoms with van der Waals surface area (Å²) in [7, 11) is 1.08. The van der Waals surface area contributed by atoms with Crippen LogP contribution in [0.3, 0.4) is 0 Å². The summed E-state index contributed by atoms with van der Waals surface area (Å²) in [4.78, 5) is 0. The van der Waals surface area contributed by atoms with Crippen LogP contribution in [0, 0.1) is 13.8 Å². The molecule has 0 aliphatic rings. The number of aromatic hydroxyl groups is 2. The number of phenolic OH excluding ortho intramolecular Hbond substituents is 2. The molecule has 0 unspecified atom stereocenters. The van der Waals surface area contributed by atoms with E-state index in [1.165, 1.54) is 77.2 Å². The molecule has 2 radical (unpaired) electrons. The number of phenols is 2. The third kappa shape index (κ3) is 14.4. The van der Waals surface area contributed by atoms with Crippen LogP contribution in [-0.2, 0) is 37.0 Å². The van der Waals surface area contributed by atoms with Gasteiger partial charge in [-0.3, -0.25) is 0 Å². The molecular formula is C66H68O2SiZr. The average Bonchev–Trinajstić information content (AvgIpc) is 3.94. The summed E-state index contributed by atoms with van der Waals surface area (Å²) in [6, 6.07) is 75.8. The van der Waals surface area contributed by atoms with Crippen LogP contribution in [0.15, 0.2) is 218 Å². The summed E-state index contributed by atoms with van der Waals surface area (Å²) in [6.07, 6.45) is 0. The smallest absolute Gasteiger partial charge is 0.508 e. The Kier molecular flexibility index (Phi) is 19.9. The molecule has 352 valence electrons. The van der Waals surface area contributed by atoms with Gasteiger partial charge in [-0.15, -0.1) is 12.1 Å². The molecule has 0 aliphatic carbocycles. The van der Waals surface area contributed by atoms with E-state index in [0.717, 1.165) is 20.6 Å². The van der Waals surface area contributed by atoms with Crippen molar-refractivity contribution in [3.8, 4) is 56.0 Å². The van der Waals surface area contributed by atoms with E-state index in [2.05, 4.69) is 237 Å². The van der Waals surface area contributed by atoms with Crippen LogP contribution >= 0.6 is 0 Å². The molecule has 0 aromatic heterocycles. The van der Waals surface area contributed by atoms with E-state index in [4.69, 9.17) is 0 Å². The molecule has 0 bridgehead atoms. The van der Waals surface area contributed by atoms with Gasteiger partial charge in [0.1, 0.15) is 11.5 Å². The maximum absolute atomic E-state index is 9.57. The van der Waals surface area contributed by atoms with Gasteiger partial charge in [0.25, 0.3) is 0 Å².